The molecule has 2 aromatic rings. The fourth-order valence-corrected chi connectivity index (χ4v) is 1.55. The highest BCUT2D eigenvalue weighted by Gasteiger charge is 2.05. The SMILES string of the molecule is N#Cc1ccc(NC(=O)Nc2ccccc2)c(N)c1. The summed E-state index contributed by atoms with van der Waals surface area (Å²) < 4.78 is 0. The summed E-state index contributed by atoms with van der Waals surface area (Å²) in [5.74, 6) is 0. The summed E-state index contributed by atoms with van der Waals surface area (Å²) in [5, 5.41) is 14.0. The van der Waals surface area contributed by atoms with Crippen LogP contribution in [0.2, 0.25) is 0 Å². The predicted octanol–water partition coefficient (Wildman–Crippen LogP) is 2.78. The number of hydrogen-bond donors (Lipinski definition) is 3. The van der Waals surface area contributed by atoms with Crippen molar-refractivity contribution in [1.29, 1.82) is 5.26 Å². The Kier molecular flexibility index (Phi) is 3.64. The third kappa shape index (κ3) is 3.23. The van der Waals surface area contributed by atoms with Crippen LogP contribution in [0.3, 0.4) is 0 Å². The number of nitrogens with two attached hydrogens (primary N) is 1. The quantitative estimate of drug-likeness (QED) is 0.718. The Balaban J connectivity index is 2.05. The molecule has 0 atom stereocenters. The van der Waals surface area contributed by atoms with E-state index in [2.05, 4.69) is 10.6 Å². The molecule has 0 radical (unpaired) electrons. The van der Waals surface area contributed by atoms with Gasteiger partial charge in [-0.15, -0.1) is 0 Å². The minimum atomic E-state index is -0.386. The molecule has 19 heavy (non-hydrogen) atoms. The Bertz CT molecular complexity index is 632. The number of nitrogen functional groups attached to an aromatic ring is 1. The van der Waals surface area contributed by atoms with E-state index in [0.717, 1.165) is 0 Å². The Morgan fingerprint density at radius 2 is 1.84 bits per heavy atom. The van der Waals surface area contributed by atoms with Crippen LogP contribution in [0.4, 0.5) is 21.9 Å². The van der Waals surface area contributed by atoms with E-state index in [1.807, 2.05) is 24.3 Å². The van der Waals surface area contributed by atoms with Crippen LogP contribution >= 0.6 is 0 Å². The molecule has 0 spiro atoms. The van der Waals surface area contributed by atoms with E-state index in [1.54, 1.807) is 24.3 Å². The van der Waals surface area contributed by atoms with Gasteiger partial charge in [0.25, 0.3) is 0 Å². The summed E-state index contributed by atoms with van der Waals surface area (Å²) in [6, 6.07) is 15.4. The minimum Gasteiger partial charge on any atom is -0.397 e. The van der Waals surface area contributed by atoms with Crippen molar-refractivity contribution < 1.29 is 4.79 Å². The van der Waals surface area contributed by atoms with Crippen LogP contribution in [-0.2, 0) is 0 Å². The lowest BCUT2D eigenvalue weighted by Crippen LogP contribution is -2.20. The number of carbonyl (C=O) groups excluding carboxylic acids is 1. The van der Waals surface area contributed by atoms with Crippen molar-refractivity contribution in [2.75, 3.05) is 16.4 Å². The van der Waals surface area contributed by atoms with E-state index in [4.69, 9.17) is 11.0 Å². The molecule has 0 aromatic heterocycles. The highest BCUT2D eigenvalue weighted by atomic mass is 16.2. The van der Waals surface area contributed by atoms with Gasteiger partial charge in [0, 0.05) is 5.69 Å². The van der Waals surface area contributed by atoms with Crippen molar-refractivity contribution >= 4 is 23.1 Å². The second-order valence-corrected chi connectivity index (χ2v) is 3.86. The van der Waals surface area contributed by atoms with Gasteiger partial charge in [0.05, 0.1) is 23.0 Å². The van der Waals surface area contributed by atoms with Crippen molar-refractivity contribution in [3.8, 4) is 6.07 Å². The molecule has 94 valence electrons. The molecule has 0 fully saturated rings. The molecule has 5 nitrogen and oxygen atoms in total. The number of para-hydroxylation sites is 1. The number of amides is 2. The fraction of sp³-hybridized carbons (Fsp3) is 0. The lowest BCUT2D eigenvalue weighted by atomic mass is 10.2. The van der Waals surface area contributed by atoms with E-state index in [-0.39, 0.29) is 6.03 Å². The van der Waals surface area contributed by atoms with Crippen LogP contribution in [0.15, 0.2) is 48.5 Å². The first-order valence-corrected chi connectivity index (χ1v) is 5.62. The average molecular weight is 252 g/mol. The van der Waals surface area contributed by atoms with Gasteiger partial charge in [0.2, 0.25) is 0 Å². The second-order valence-electron chi connectivity index (χ2n) is 3.86. The molecule has 5 heteroatoms. The molecular weight excluding hydrogens is 240 g/mol. The first kappa shape index (κ1) is 12.5. The first-order valence-electron chi connectivity index (χ1n) is 5.62. The fourth-order valence-electron chi connectivity index (χ4n) is 1.55. The van der Waals surface area contributed by atoms with Crippen molar-refractivity contribution in [1.82, 2.24) is 0 Å². The number of urea groups is 1. The van der Waals surface area contributed by atoms with Crippen LogP contribution in [0.1, 0.15) is 5.56 Å². The zero-order valence-electron chi connectivity index (χ0n) is 10.1. The van der Waals surface area contributed by atoms with Gasteiger partial charge in [-0.2, -0.15) is 5.26 Å². The van der Waals surface area contributed by atoms with Gasteiger partial charge in [0.15, 0.2) is 0 Å². The molecule has 2 rings (SSSR count). The normalized spacial score (nSPS) is 9.42. The van der Waals surface area contributed by atoms with Gasteiger partial charge >= 0.3 is 6.03 Å². The van der Waals surface area contributed by atoms with Gasteiger partial charge in [-0.3, -0.25) is 0 Å². The van der Waals surface area contributed by atoms with Gasteiger partial charge in [-0.05, 0) is 30.3 Å². The van der Waals surface area contributed by atoms with Crippen LogP contribution in [0, 0.1) is 11.3 Å². The highest BCUT2D eigenvalue weighted by molar-refractivity contribution is 6.01. The number of nitriles is 1. The maximum atomic E-state index is 11.7. The van der Waals surface area contributed by atoms with E-state index in [9.17, 15) is 4.79 Å². The van der Waals surface area contributed by atoms with Gasteiger partial charge < -0.3 is 16.4 Å². The van der Waals surface area contributed by atoms with Crippen molar-refractivity contribution in [3.05, 3.63) is 54.1 Å². The van der Waals surface area contributed by atoms with Crippen LogP contribution in [0.25, 0.3) is 0 Å². The molecule has 0 saturated carbocycles. The van der Waals surface area contributed by atoms with E-state index < -0.39 is 0 Å². The third-order valence-corrected chi connectivity index (χ3v) is 2.46. The van der Waals surface area contributed by atoms with Crippen molar-refractivity contribution in [3.63, 3.8) is 0 Å². The molecule has 2 aromatic carbocycles. The Morgan fingerprint density at radius 1 is 1.11 bits per heavy atom. The number of hydrogen-bond acceptors (Lipinski definition) is 3. The molecular formula is C14H12N4O. The van der Waals surface area contributed by atoms with E-state index in [1.165, 1.54) is 6.07 Å². The maximum Gasteiger partial charge on any atom is 0.323 e. The molecule has 0 aliphatic rings. The number of benzene rings is 2. The molecule has 0 saturated heterocycles. The predicted molar refractivity (Wildman–Crippen MR) is 74.7 cm³/mol. The van der Waals surface area contributed by atoms with Gasteiger partial charge in [-0.25, -0.2) is 4.79 Å². The van der Waals surface area contributed by atoms with Crippen LogP contribution in [0.5, 0.6) is 0 Å². The minimum absolute atomic E-state index is 0.349. The maximum absolute atomic E-state index is 11.7. The molecule has 0 aliphatic heterocycles. The molecule has 0 heterocycles. The summed E-state index contributed by atoms with van der Waals surface area (Å²) in [6.45, 7) is 0. The number of nitrogens with zero attached hydrogens (tertiary/aromatic N) is 1. The monoisotopic (exact) mass is 252 g/mol. The first-order chi connectivity index (χ1) is 9.19. The molecule has 0 aliphatic carbocycles. The Morgan fingerprint density at radius 3 is 2.47 bits per heavy atom. The Labute approximate surface area is 110 Å². The zero-order chi connectivity index (χ0) is 13.7. The van der Waals surface area contributed by atoms with E-state index >= 15 is 0 Å². The highest BCUT2D eigenvalue weighted by Crippen LogP contribution is 2.19. The molecule has 0 bridgehead atoms. The van der Waals surface area contributed by atoms with Crippen LogP contribution < -0.4 is 16.4 Å². The summed E-state index contributed by atoms with van der Waals surface area (Å²) in [4.78, 5) is 11.7. The summed E-state index contributed by atoms with van der Waals surface area (Å²) in [6.07, 6.45) is 0. The van der Waals surface area contributed by atoms with Gasteiger partial charge in [-0.1, -0.05) is 18.2 Å². The van der Waals surface area contributed by atoms with Crippen LogP contribution in [-0.4, -0.2) is 6.03 Å². The number of anilines is 3. The number of carbonyl (C=O) groups is 1. The number of nitrogens with one attached hydrogen (secondary N) is 2. The molecule has 2 amide bonds. The van der Waals surface area contributed by atoms with Crippen molar-refractivity contribution in [2.45, 2.75) is 0 Å². The summed E-state index contributed by atoms with van der Waals surface area (Å²) in [5.41, 5.74) is 7.70. The zero-order valence-corrected chi connectivity index (χ0v) is 10.1. The second kappa shape index (κ2) is 5.56. The smallest absolute Gasteiger partial charge is 0.323 e. The molecule has 4 N–H and O–H groups in total. The largest absolute Gasteiger partial charge is 0.397 e. The summed E-state index contributed by atoms with van der Waals surface area (Å²) >= 11 is 0. The third-order valence-electron chi connectivity index (χ3n) is 2.46. The lowest BCUT2D eigenvalue weighted by molar-refractivity contribution is 0.262. The molecule has 0 unspecified atom stereocenters. The lowest BCUT2D eigenvalue weighted by Gasteiger charge is -2.09. The van der Waals surface area contributed by atoms with Crippen molar-refractivity contribution in [2.24, 2.45) is 0 Å². The topological polar surface area (TPSA) is 90.9 Å². The van der Waals surface area contributed by atoms with E-state index in [0.29, 0.717) is 22.6 Å². The number of rotatable bonds is 2. The average Bonchev–Trinajstić information content (AvgIpc) is 2.42. The van der Waals surface area contributed by atoms with Gasteiger partial charge in [0.1, 0.15) is 0 Å². The summed E-state index contributed by atoms with van der Waals surface area (Å²) in [7, 11) is 0. The standard InChI is InChI=1S/C14H12N4O/c15-9-10-6-7-13(12(16)8-10)18-14(19)17-11-4-2-1-3-5-11/h1-8H,16H2,(H2,17,18,19). The Hall–Kier alpha value is -3.00.